The molecule has 34 heavy (non-hydrogen) atoms. The maximum absolute atomic E-state index is 6.14. The number of H-pyrrole nitrogens is 1. The monoisotopic (exact) mass is 452 g/mol. The van der Waals surface area contributed by atoms with Crippen molar-refractivity contribution in [2.75, 3.05) is 50.0 Å². The van der Waals surface area contributed by atoms with Crippen LogP contribution in [0.15, 0.2) is 60.9 Å². The Labute approximate surface area is 199 Å². The molecule has 0 saturated carbocycles. The van der Waals surface area contributed by atoms with E-state index >= 15 is 0 Å². The summed E-state index contributed by atoms with van der Waals surface area (Å²) in [4.78, 5) is 17.0. The Kier molecular flexibility index (Phi) is 6.32. The minimum absolute atomic E-state index is 0.520. The quantitative estimate of drug-likeness (QED) is 0.417. The summed E-state index contributed by atoms with van der Waals surface area (Å²) in [6, 6.07) is 18.5. The fraction of sp³-hybridized carbons (Fsp3) is 0.259. The third-order valence-electron chi connectivity index (χ3n) is 6.04. The van der Waals surface area contributed by atoms with Crippen molar-refractivity contribution in [2.45, 2.75) is 6.92 Å². The molecule has 7 heteroatoms. The second-order valence-electron chi connectivity index (χ2n) is 8.37. The molecule has 4 aromatic rings. The summed E-state index contributed by atoms with van der Waals surface area (Å²) in [6.45, 7) is 6.72. The van der Waals surface area contributed by atoms with Gasteiger partial charge in [-0.2, -0.15) is 0 Å². The lowest BCUT2D eigenvalue weighted by Gasteiger charge is -2.34. The van der Waals surface area contributed by atoms with Crippen LogP contribution in [0.25, 0.3) is 22.3 Å². The van der Waals surface area contributed by atoms with E-state index in [0.717, 1.165) is 54.2 Å². The number of nitrogens with zero attached hydrogens (tertiary/aromatic N) is 4. The Bertz CT molecular complexity index is 1330. The van der Waals surface area contributed by atoms with E-state index in [9.17, 15) is 0 Å². The first-order chi connectivity index (χ1) is 16.7. The average molecular weight is 453 g/mol. The molecule has 2 aromatic carbocycles. The molecule has 7 nitrogen and oxygen atoms in total. The summed E-state index contributed by atoms with van der Waals surface area (Å²) in [5.74, 6) is 7.11. The molecule has 0 atom stereocenters. The van der Waals surface area contributed by atoms with E-state index < -0.39 is 0 Å². The first kappa shape index (κ1) is 21.8. The van der Waals surface area contributed by atoms with E-state index in [1.54, 1.807) is 0 Å². The normalized spacial score (nSPS) is 14.0. The number of hydrogen-bond donors (Lipinski definition) is 2. The Morgan fingerprint density at radius 2 is 1.85 bits per heavy atom. The van der Waals surface area contributed by atoms with E-state index in [1.165, 1.54) is 12.0 Å². The smallest absolute Gasteiger partial charge is 0.231 e. The molecule has 1 aliphatic rings. The standard InChI is InChI=1S/C27H28N6O/c1-3-4-12-28-21-6-5-7-23(17-21)34-27-24-18-25(31-26(24)29-19-30-27)20-8-10-22(11-9-20)33-15-13-32(2)14-16-33/h5-11,17-19,28H,12-16H2,1-2H3,(H,29,30,31). The third-order valence-corrected chi connectivity index (χ3v) is 6.04. The summed E-state index contributed by atoms with van der Waals surface area (Å²) >= 11 is 0. The average Bonchev–Trinajstić information content (AvgIpc) is 3.31. The lowest BCUT2D eigenvalue weighted by atomic mass is 10.1. The molecule has 0 bridgehead atoms. The molecule has 2 aromatic heterocycles. The first-order valence-corrected chi connectivity index (χ1v) is 11.5. The number of aromatic amines is 1. The number of fused-ring (bicyclic) bond motifs is 1. The van der Waals surface area contributed by atoms with Crippen molar-refractivity contribution in [3.63, 3.8) is 0 Å². The lowest BCUT2D eigenvalue weighted by molar-refractivity contribution is 0.313. The summed E-state index contributed by atoms with van der Waals surface area (Å²) < 4.78 is 6.14. The van der Waals surface area contributed by atoms with Gasteiger partial charge in [0.05, 0.1) is 11.9 Å². The largest absolute Gasteiger partial charge is 0.438 e. The van der Waals surface area contributed by atoms with E-state index in [0.29, 0.717) is 18.2 Å². The van der Waals surface area contributed by atoms with Crippen molar-refractivity contribution in [3.8, 4) is 34.7 Å². The van der Waals surface area contributed by atoms with Gasteiger partial charge in [0.1, 0.15) is 17.7 Å². The van der Waals surface area contributed by atoms with Gasteiger partial charge in [0, 0.05) is 49.3 Å². The fourth-order valence-corrected chi connectivity index (χ4v) is 4.09. The molecule has 1 fully saturated rings. The van der Waals surface area contributed by atoms with Gasteiger partial charge in [0.2, 0.25) is 5.88 Å². The zero-order chi connectivity index (χ0) is 23.3. The molecule has 0 spiro atoms. The predicted molar refractivity (Wildman–Crippen MR) is 137 cm³/mol. The second-order valence-corrected chi connectivity index (χ2v) is 8.37. The summed E-state index contributed by atoms with van der Waals surface area (Å²) in [5, 5.41) is 4.11. The molecule has 0 aliphatic carbocycles. The molecule has 5 rings (SSSR count). The van der Waals surface area contributed by atoms with Crippen LogP contribution < -0.4 is 15.0 Å². The van der Waals surface area contributed by atoms with E-state index in [1.807, 2.05) is 31.2 Å². The van der Waals surface area contributed by atoms with Crippen LogP contribution in [0.5, 0.6) is 11.6 Å². The Balaban J connectivity index is 1.35. The number of piperazine rings is 1. The van der Waals surface area contributed by atoms with Gasteiger partial charge in [-0.25, -0.2) is 9.97 Å². The molecule has 2 N–H and O–H groups in total. The predicted octanol–water partition coefficient (Wildman–Crippen LogP) is 4.60. The number of aromatic nitrogens is 3. The lowest BCUT2D eigenvalue weighted by Crippen LogP contribution is -2.44. The Hall–Kier alpha value is -4.02. The highest BCUT2D eigenvalue weighted by molar-refractivity contribution is 5.87. The zero-order valence-corrected chi connectivity index (χ0v) is 19.5. The van der Waals surface area contributed by atoms with Gasteiger partial charge in [-0.15, -0.1) is 5.92 Å². The van der Waals surface area contributed by atoms with Gasteiger partial charge in [0.25, 0.3) is 0 Å². The maximum atomic E-state index is 6.14. The molecule has 3 heterocycles. The van der Waals surface area contributed by atoms with Crippen LogP contribution in [0.2, 0.25) is 0 Å². The highest BCUT2D eigenvalue weighted by Crippen LogP contribution is 2.32. The summed E-state index contributed by atoms with van der Waals surface area (Å²) in [5.41, 5.74) is 5.04. The van der Waals surface area contributed by atoms with Crippen molar-refractivity contribution in [1.82, 2.24) is 19.9 Å². The van der Waals surface area contributed by atoms with Crippen molar-refractivity contribution >= 4 is 22.4 Å². The second kappa shape index (κ2) is 9.86. The topological polar surface area (TPSA) is 69.3 Å². The number of anilines is 2. The van der Waals surface area contributed by atoms with Crippen molar-refractivity contribution < 1.29 is 4.74 Å². The van der Waals surface area contributed by atoms with Crippen LogP contribution in [0.3, 0.4) is 0 Å². The van der Waals surface area contributed by atoms with Gasteiger partial charge in [-0.3, -0.25) is 0 Å². The molecule has 1 aliphatic heterocycles. The highest BCUT2D eigenvalue weighted by Gasteiger charge is 2.15. The van der Waals surface area contributed by atoms with Crippen LogP contribution in [0.4, 0.5) is 11.4 Å². The number of nitrogens with one attached hydrogen (secondary N) is 2. The van der Waals surface area contributed by atoms with Crippen molar-refractivity contribution in [1.29, 1.82) is 0 Å². The minimum atomic E-state index is 0.520. The van der Waals surface area contributed by atoms with E-state index in [-0.39, 0.29) is 0 Å². The van der Waals surface area contributed by atoms with Gasteiger partial charge < -0.3 is 24.8 Å². The molecular formula is C27H28N6O. The van der Waals surface area contributed by atoms with Crippen LogP contribution >= 0.6 is 0 Å². The fourth-order valence-electron chi connectivity index (χ4n) is 4.09. The molecule has 172 valence electrons. The maximum Gasteiger partial charge on any atom is 0.231 e. The number of ether oxygens (including phenoxy) is 1. The molecule has 0 amide bonds. The molecule has 1 saturated heterocycles. The summed E-state index contributed by atoms with van der Waals surface area (Å²) in [7, 11) is 2.17. The Morgan fingerprint density at radius 3 is 2.65 bits per heavy atom. The van der Waals surface area contributed by atoms with Crippen LogP contribution in [-0.2, 0) is 0 Å². The third kappa shape index (κ3) is 4.82. The SMILES string of the molecule is CC#CCNc1cccc(Oc2ncnc3[nH]c(-c4ccc(N5CCN(C)CC5)cc4)cc23)c1. The Morgan fingerprint density at radius 1 is 1.03 bits per heavy atom. The van der Waals surface area contributed by atoms with E-state index in [4.69, 9.17) is 4.74 Å². The first-order valence-electron chi connectivity index (χ1n) is 11.5. The van der Waals surface area contributed by atoms with Gasteiger partial charge in [-0.05, 0) is 49.9 Å². The number of likely N-dealkylation sites (N-methyl/N-ethyl adjacent to an activating group) is 1. The van der Waals surface area contributed by atoms with Gasteiger partial charge in [0.15, 0.2) is 0 Å². The van der Waals surface area contributed by atoms with Crippen LogP contribution in [0.1, 0.15) is 6.92 Å². The van der Waals surface area contributed by atoms with E-state index in [2.05, 4.69) is 79.3 Å². The number of hydrogen-bond acceptors (Lipinski definition) is 6. The molecular weight excluding hydrogens is 424 g/mol. The van der Waals surface area contributed by atoms with Crippen molar-refractivity contribution in [2.24, 2.45) is 0 Å². The minimum Gasteiger partial charge on any atom is -0.438 e. The van der Waals surface area contributed by atoms with Crippen LogP contribution in [-0.4, -0.2) is 59.6 Å². The van der Waals surface area contributed by atoms with Gasteiger partial charge in [-0.1, -0.05) is 24.1 Å². The zero-order valence-electron chi connectivity index (χ0n) is 19.5. The number of benzene rings is 2. The number of rotatable bonds is 6. The van der Waals surface area contributed by atoms with Crippen LogP contribution in [0, 0.1) is 11.8 Å². The highest BCUT2D eigenvalue weighted by atomic mass is 16.5. The molecule has 0 radical (unpaired) electrons. The van der Waals surface area contributed by atoms with Gasteiger partial charge >= 0.3 is 0 Å². The molecule has 0 unspecified atom stereocenters. The van der Waals surface area contributed by atoms with Crippen molar-refractivity contribution in [3.05, 3.63) is 60.9 Å². The summed E-state index contributed by atoms with van der Waals surface area (Å²) in [6.07, 6.45) is 1.52.